The topological polar surface area (TPSA) is 128 Å². The first kappa shape index (κ1) is 14.7. The van der Waals surface area contributed by atoms with Crippen LogP contribution in [0.4, 0.5) is 4.79 Å². The van der Waals surface area contributed by atoms with E-state index in [4.69, 9.17) is 5.73 Å². The van der Waals surface area contributed by atoms with Crippen molar-refractivity contribution in [2.24, 2.45) is 5.73 Å². The van der Waals surface area contributed by atoms with E-state index in [1.54, 1.807) is 6.92 Å². The minimum absolute atomic E-state index is 0.167. The van der Waals surface area contributed by atoms with Crippen LogP contribution in [0, 0.1) is 0 Å². The zero-order chi connectivity index (χ0) is 14.4. The fourth-order valence-corrected chi connectivity index (χ4v) is 1.48. The molecule has 1 saturated heterocycles. The molecule has 9 heteroatoms. The smallest absolute Gasteiger partial charge is 0.411 e. The van der Waals surface area contributed by atoms with E-state index in [1.807, 2.05) is 0 Å². The first-order valence-electron chi connectivity index (χ1n) is 5.60. The number of hydrogen-bond acceptors (Lipinski definition) is 6. The van der Waals surface area contributed by atoms with E-state index in [0.717, 1.165) is 4.90 Å². The largest absolute Gasteiger partial charge is 0.465 e. The minimum Gasteiger partial charge on any atom is -0.465 e. The Hall–Kier alpha value is -2.32. The molecule has 3 N–H and O–H groups in total. The highest BCUT2D eigenvalue weighted by Gasteiger charge is 2.39. The van der Waals surface area contributed by atoms with Crippen molar-refractivity contribution in [2.75, 3.05) is 26.3 Å². The van der Waals surface area contributed by atoms with E-state index in [2.05, 4.69) is 14.8 Å². The van der Waals surface area contributed by atoms with Crippen LogP contribution in [-0.2, 0) is 23.9 Å². The van der Waals surface area contributed by atoms with Gasteiger partial charge in [0.25, 0.3) is 0 Å². The summed E-state index contributed by atoms with van der Waals surface area (Å²) in [4.78, 5) is 45.9. The Kier molecular flexibility index (Phi) is 5.10. The normalized spacial score (nSPS) is 17.8. The van der Waals surface area contributed by atoms with Crippen LogP contribution >= 0.6 is 0 Å². The number of amides is 3. The molecule has 1 aliphatic heterocycles. The number of carbonyl (C=O) groups is 4. The van der Waals surface area contributed by atoms with Gasteiger partial charge in [-0.2, -0.15) is 0 Å². The maximum Gasteiger partial charge on any atom is 0.411 e. The molecule has 0 radical (unpaired) electrons. The second kappa shape index (κ2) is 6.57. The third kappa shape index (κ3) is 4.12. The van der Waals surface area contributed by atoms with Gasteiger partial charge >= 0.3 is 12.1 Å². The van der Waals surface area contributed by atoms with Crippen molar-refractivity contribution < 1.29 is 28.7 Å². The van der Waals surface area contributed by atoms with Gasteiger partial charge in [0.15, 0.2) is 0 Å². The van der Waals surface area contributed by atoms with E-state index in [0.29, 0.717) is 0 Å². The molecule has 1 atom stereocenters. The maximum absolute atomic E-state index is 11.7. The number of primary amides is 1. The molecule has 0 bridgehead atoms. The summed E-state index contributed by atoms with van der Waals surface area (Å²) in [5.41, 5.74) is 4.88. The lowest BCUT2D eigenvalue weighted by Crippen LogP contribution is -2.49. The SMILES string of the molecule is CCOC(=O)CN1C(=O)OC[C@H]1C(=O)NCC(N)=O. The summed E-state index contributed by atoms with van der Waals surface area (Å²) in [5.74, 6) is -1.97. The van der Waals surface area contributed by atoms with Crippen molar-refractivity contribution in [2.45, 2.75) is 13.0 Å². The molecule has 1 aliphatic rings. The predicted molar refractivity (Wildman–Crippen MR) is 60.7 cm³/mol. The molecule has 0 aromatic carbocycles. The Labute approximate surface area is 109 Å². The Bertz CT molecular complexity index is 397. The number of hydrogen-bond donors (Lipinski definition) is 2. The summed E-state index contributed by atoms with van der Waals surface area (Å²) in [6.07, 6.45) is -0.785. The van der Waals surface area contributed by atoms with Crippen LogP contribution in [-0.4, -0.2) is 61.1 Å². The first-order valence-corrected chi connectivity index (χ1v) is 5.60. The number of esters is 1. The number of nitrogens with zero attached hydrogens (tertiary/aromatic N) is 1. The molecule has 0 aromatic heterocycles. The van der Waals surface area contributed by atoms with E-state index >= 15 is 0 Å². The Morgan fingerprint density at radius 2 is 2.21 bits per heavy atom. The summed E-state index contributed by atoms with van der Waals surface area (Å²) < 4.78 is 9.37. The van der Waals surface area contributed by atoms with Crippen molar-refractivity contribution in [1.82, 2.24) is 10.2 Å². The molecule has 9 nitrogen and oxygen atoms in total. The van der Waals surface area contributed by atoms with Gasteiger partial charge in [-0.15, -0.1) is 0 Å². The van der Waals surface area contributed by atoms with Gasteiger partial charge in [-0.25, -0.2) is 4.79 Å². The lowest BCUT2D eigenvalue weighted by atomic mass is 10.2. The van der Waals surface area contributed by atoms with Crippen LogP contribution in [0.15, 0.2) is 0 Å². The van der Waals surface area contributed by atoms with Gasteiger partial charge in [-0.1, -0.05) is 0 Å². The number of carbonyl (C=O) groups excluding carboxylic acids is 4. The summed E-state index contributed by atoms with van der Waals surface area (Å²) in [6.45, 7) is 0.860. The summed E-state index contributed by atoms with van der Waals surface area (Å²) in [7, 11) is 0. The number of ether oxygens (including phenoxy) is 2. The standard InChI is InChI=1S/C10H15N3O6/c1-2-18-8(15)4-13-6(5-19-10(13)17)9(16)12-3-7(11)14/h6H,2-5H2,1H3,(H2,11,14)(H,12,16)/t6-/m0/s1. The molecule has 106 valence electrons. The average Bonchev–Trinajstić information content (AvgIpc) is 2.68. The molecule has 0 aliphatic carbocycles. The lowest BCUT2D eigenvalue weighted by molar-refractivity contribution is -0.144. The van der Waals surface area contributed by atoms with Crippen LogP contribution in [0.2, 0.25) is 0 Å². The van der Waals surface area contributed by atoms with Gasteiger partial charge in [0.2, 0.25) is 11.8 Å². The molecule has 1 fully saturated rings. The third-order valence-corrected chi connectivity index (χ3v) is 2.32. The molecular weight excluding hydrogens is 258 g/mol. The van der Waals surface area contributed by atoms with Crippen LogP contribution in [0.1, 0.15) is 6.92 Å². The van der Waals surface area contributed by atoms with Crippen LogP contribution < -0.4 is 11.1 Å². The van der Waals surface area contributed by atoms with E-state index < -0.39 is 29.9 Å². The molecule has 1 rings (SSSR count). The molecule has 1 heterocycles. The van der Waals surface area contributed by atoms with Gasteiger partial charge in [0.05, 0.1) is 13.2 Å². The highest BCUT2D eigenvalue weighted by Crippen LogP contribution is 2.12. The molecular formula is C10H15N3O6. The van der Waals surface area contributed by atoms with Crippen molar-refractivity contribution in [3.05, 3.63) is 0 Å². The molecule has 0 unspecified atom stereocenters. The molecule has 3 amide bonds. The second-order valence-corrected chi connectivity index (χ2v) is 3.71. The second-order valence-electron chi connectivity index (χ2n) is 3.71. The lowest BCUT2D eigenvalue weighted by Gasteiger charge is -2.19. The Balaban J connectivity index is 2.60. The Morgan fingerprint density at radius 1 is 1.53 bits per heavy atom. The van der Waals surface area contributed by atoms with Gasteiger partial charge in [0.1, 0.15) is 19.2 Å². The molecule has 19 heavy (non-hydrogen) atoms. The highest BCUT2D eigenvalue weighted by molar-refractivity contribution is 5.92. The third-order valence-electron chi connectivity index (χ3n) is 2.32. The molecule has 0 aromatic rings. The predicted octanol–water partition coefficient (Wildman–Crippen LogP) is -2.03. The maximum atomic E-state index is 11.7. The summed E-state index contributed by atoms with van der Waals surface area (Å²) >= 11 is 0. The van der Waals surface area contributed by atoms with Crippen molar-refractivity contribution in [3.8, 4) is 0 Å². The van der Waals surface area contributed by atoms with Crippen molar-refractivity contribution in [3.63, 3.8) is 0 Å². The Morgan fingerprint density at radius 3 is 2.79 bits per heavy atom. The van der Waals surface area contributed by atoms with Gasteiger partial charge in [0, 0.05) is 0 Å². The quantitative estimate of drug-likeness (QED) is 0.537. The van der Waals surface area contributed by atoms with Gasteiger partial charge < -0.3 is 20.5 Å². The van der Waals surface area contributed by atoms with E-state index in [-0.39, 0.29) is 26.3 Å². The van der Waals surface area contributed by atoms with Crippen molar-refractivity contribution in [1.29, 1.82) is 0 Å². The molecule has 0 saturated carbocycles. The summed E-state index contributed by atoms with van der Waals surface area (Å²) in [6, 6.07) is -0.976. The van der Waals surface area contributed by atoms with Gasteiger partial charge in [-0.05, 0) is 6.92 Å². The number of nitrogens with one attached hydrogen (secondary N) is 1. The van der Waals surface area contributed by atoms with Gasteiger partial charge in [-0.3, -0.25) is 19.3 Å². The van der Waals surface area contributed by atoms with Crippen LogP contribution in [0.3, 0.4) is 0 Å². The minimum atomic E-state index is -0.976. The fourth-order valence-electron chi connectivity index (χ4n) is 1.48. The monoisotopic (exact) mass is 273 g/mol. The van der Waals surface area contributed by atoms with Crippen LogP contribution in [0.25, 0.3) is 0 Å². The first-order chi connectivity index (χ1) is 8.95. The summed E-state index contributed by atoms with van der Waals surface area (Å²) in [5, 5.41) is 2.24. The number of nitrogens with two attached hydrogens (primary N) is 1. The van der Waals surface area contributed by atoms with Crippen LogP contribution in [0.5, 0.6) is 0 Å². The number of rotatable bonds is 6. The highest BCUT2D eigenvalue weighted by atomic mass is 16.6. The van der Waals surface area contributed by atoms with E-state index in [9.17, 15) is 19.2 Å². The van der Waals surface area contributed by atoms with Crippen molar-refractivity contribution >= 4 is 23.9 Å². The zero-order valence-electron chi connectivity index (χ0n) is 10.4. The molecule has 0 spiro atoms. The average molecular weight is 273 g/mol. The fraction of sp³-hybridized carbons (Fsp3) is 0.600. The number of cyclic esters (lactones) is 1. The zero-order valence-corrected chi connectivity index (χ0v) is 10.4. The van der Waals surface area contributed by atoms with E-state index in [1.165, 1.54) is 0 Å².